The third kappa shape index (κ3) is 2.93. The zero-order valence-electron chi connectivity index (χ0n) is 11.5. The Balaban J connectivity index is 2.39. The minimum absolute atomic E-state index is 0.0343. The lowest BCUT2D eigenvalue weighted by molar-refractivity contribution is 0.0563. The summed E-state index contributed by atoms with van der Waals surface area (Å²) in [6, 6.07) is 9.19. The van der Waals surface area contributed by atoms with Gasteiger partial charge in [0.2, 0.25) is 0 Å². The van der Waals surface area contributed by atoms with Crippen molar-refractivity contribution in [2.45, 2.75) is 20.3 Å². The largest absolute Gasteiger partial charge is 0.456 e. The number of aromatic nitrogens is 1. The maximum Gasteiger partial charge on any atom is 0.339 e. The summed E-state index contributed by atoms with van der Waals surface area (Å²) < 4.78 is 5.13. The Bertz CT molecular complexity index is 665. The summed E-state index contributed by atoms with van der Waals surface area (Å²) in [5.41, 5.74) is 2.43. The van der Waals surface area contributed by atoms with E-state index in [1.165, 1.54) is 0 Å². The van der Waals surface area contributed by atoms with Gasteiger partial charge in [0.25, 0.3) is 0 Å². The first kappa shape index (κ1) is 14.0. The summed E-state index contributed by atoms with van der Waals surface area (Å²) in [4.78, 5) is 16.6. The molecule has 0 atom stereocenters. The van der Waals surface area contributed by atoms with E-state index in [0.29, 0.717) is 11.3 Å². The van der Waals surface area contributed by atoms with Crippen molar-refractivity contribution in [2.24, 2.45) is 5.16 Å². The Kier molecular flexibility index (Phi) is 4.30. The summed E-state index contributed by atoms with van der Waals surface area (Å²) in [5.74, 6) is -0.443. The second kappa shape index (κ2) is 6.14. The van der Waals surface area contributed by atoms with Crippen molar-refractivity contribution in [1.82, 2.24) is 4.98 Å². The molecule has 0 saturated heterocycles. The quantitative estimate of drug-likeness (QED) is 0.402. The average molecular weight is 272 g/mol. The predicted molar refractivity (Wildman–Crippen MR) is 76.3 cm³/mol. The third-order valence-electron chi connectivity index (χ3n) is 2.93. The molecule has 2 aromatic rings. The minimum Gasteiger partial charge on any atom is -0.456 e. The van der Waals surface area contributed by atoms with Crippen LogP contribution in [0.1, 0.15) is 29.9 Å². The number of nitrogens with zero attached hydrogens (tertiary/aromatic N) is 2. The van der Waals surface area contributed by atoms with Crippen LogP contribution in [-0.4, -0.2) is 28.5 Å². The van der Waals surface area contributed by atoms with Crippen LogP contribution in [0.25, 0.3) is 10.9 Å². The van der Waals surface area contributed by atoms with Crippen molar-refractivity contribution in [3.05, 3.63) is 41.6 Å². The van der Waals surface area contributed by atoms with Gasteiger partial charge in [0.05, 0.1) is 16.8 Å². The number of esters is 1. The molecule has 0 spiro atoms. The lowest BCUT2D eigenvalue weighted by Gasteiger charge is -2.08. The summed E-state index contributed by atoms with van der Waals surface area (Å²) in [6.45, 7) is 3.53. The van der Waals surface area contributed by atoms with Crippen LogP contribution in [0.4, 0.5) is 0 Å². The van der Waals surface area contributed by atoms with Crippen LogP contribution in [0.2, 0.25) is 0 Å². The first-order valence-corrected chi connectivity index (χ1v) is 6.39. The van der Waals surface area contributed by atoms with E-state index in [2.05, 4.69) is 10.1 Å². The number of carbonyl (C=O) groups excluding carboxylic acids is 1. The summed E-state index contributed by atoms with van der Waals surface area (Å²) in [6.07, 6.45) is 0.738. The van der Waals surface area contributed by atoms with Crippen molar-refractivity contribution in [1.29, 1.82) is 0 Å². The van der Waals surface area contributed by atoms with E-state index < -0.39 is 5.97 Å². The van der Waals surface area contributed by atoms with E-state index >= 15 is 0 Å². The van der Waals surface area contributed by atoms with E-state index in [-0.39, 0.29) is 6.61 Å². The number of pyridine rings is 1. The number of carbonyl (C=O) groups is 1. The van der Waals surface area contributed by atoms with Crippen molar-refractivity contribution >= 4 is 22.6 Å². The van der Waals surface area contributed by atoms with Crippen molar-refractivity contribution < 1.29 is 14.7 Å². The molecule has 1 N–H and O–H groups in total. The zero-order valence-corrected chi connectivity index (χ0v) is 11.5. The fraction of sp³-hybridized carbons (Fsp3) is 0.267. The van der Waals surface area contributed by atoms with Gasteiger partial charge in [0, 0.05) is 11.1 Å². The molecule has 0 aliphatic heterocycles. The Labute approximate surface area is 116 Å². The van der Waals surface area contributed by atoms with Gasteiger partial charge in [-0.3, -0.25) is 4.98 Å². The molecule has 20 heavy (non-hydrogen) atoms. The normalized spacial score (nSPS) is 11.6. The number of benzene rings is 1. The topological polar surface area (TPSA) is 71.8 Å². The Morgan fingerprint density at radius 2 is 2.15 bits per heavy atom. The van der Waals surface area contributed by atoms with E-state index in [1.54, 1.807) is 13.0 Å². The summed E-state index contributed by atoms with van der Waals surface area (Å²) in [5, 5.41) is 12.3. The fourth-order valence-corrected chi connectivity index (χ4v) is 1.86. The highest BCUT2D eigenvalue weighted by Gasteiger charge is 2.14. The van der Waals surface area contributed by atoms with Gasteiger partial charge in [-0.05, 0) is 25.5 Å². The fourth-order valence-electron chi connectivity index (χ4n) is 1.86. The highest BCUT2D eigenvalue weighted by Crippen LogP contribution is 2.19. The number of ether oxygens (including phenoxy) is 1. The number of rotatable bonds is 4. The second-order valence-electron chi connectivity index (χ2n) is 4.44. The highest BCUT2D eigenvalue weighted by molar-refractivity contribution is 6.04. The molecule has 1 heterocycles. The maximum atomic E-state index is 12.2. The number of fused-ring (bicyclic) bond motifs is 1. The molecule has 0 fully saturated rings. The first-order valence-electron chi connectivity index (χ1n) is 6.39. The van der Waals surface area contributed by atoms with Crippen molar-refractivity contribution in [3.63, 3.8) is 0 Å². The molecule has 5 nitrogen and oxygen atoms in total. The van der Waals surface area contributed by atoms with Gasteiger partial charge in [-0.15, -0.1) is 0 Å². The number of aryl methyl sites for hydroxylation is 1. The monoisotopic (exact) mass is 272 g/mol. The molecule has 0 bridgehead atoms. The summed E-state index contributed by atoms with van der Waals surface area (Å²) >= 11 is 0. The molecule has 5 heteroatoms. The molecular formula is C15H16N2O3. The van der Waals surface area contributed by atoms with Gasteiger partial charge in [0.15, 0.2) is 0 Å². The zero-order chi connectivity index (χ0) is 14.5. The van der Waals surface area contributed by atoms with Gasteiger partial charge in [-0.1, -0.05) is 30.3 Å². The van der Waals surface area contributed by atoms with Gasteiger partial charge < -0.3 is 9.94 Å². The lowest BCUT2D eigenvalue weighted by atomic mass is 10.1. The number of oxime groups is 1. The minimum atomic E-state index is -0.443. The van der Waals surface area contributed by atoms with Gasteiger partial charge >= 0.3 is 5.97 Å². The van der Waals surface area contributed by atoms with Gasteiger partial charge in [0.1, 0.15) is 6.61 Å². The van der Waals surface area contributed by atoms with Crippen LogP contribution in [0, 0.1) is 0 Å². The maximum absolute atomic E-state index is 12.2. The van der Waals surface area contributed by atoms with E-state index in [1.807, 2.05) is 31.2 Å². The molecular weight excluding hydrogens is 256 g/mol. The predicted octanol–water partition coefficient (Wildman–Crippen LogP) is 2.80. The van der Waals surface area contributed by atoms with Crippen molar-refractivity contribution in [3.8, 4) is 0 Å². The molecule has 0 amide bonds. The van der Waals surface area contributed by atoms with E-state index in [9.17, 15) is 4.79 Å². The molecule has 0 aliphatic carbocycles. The molecule has 0 radical (unpaired) electrons. The molecule has 0 unspecified atom stereocenters. The highest BCUT2D eigenvalue weighted by atomic mass is 16.5. The van der Waals surface area contributed by atoms with Crippen LogP contribution >= 0.6 is 0 Å². The Morgan fingerprint density at radius 3 is 2.85 bits per heavy atom. The SMILES string of the molecule is CCc1cc(C(=O)OC/C(C)=N\O)c2ccccc2n1. The van der Waals surface area contributed by atoms with Crippen LogP contribution in [0.3, 0.4) is 0 Å². The molecule has 0 aliphatic rings. The average Bonchev–Trinajstić information content (AvgIpc) is 2.50. The number of hydrogen-bond acceptors (Lipinski definition) is 5. The molecule has 1 aromatic heterocycles. The molecule has 2 rings (SSSR count). The molecule has 104 valence electrons. The van der Waals surface area contributed by atoms with E-state index in [0.717, 1.165) is 23.0 Å². The molecule has 1 aromatic carbocycles. The Hall–Kier alpha value is -2.43. The molecule has 0 saturated carbocycles. The summed E-state index contributed by atoms with van der Waals surface area (Å²) in [7, 11) is 0. The van der Waals surface area contributed by atoms with Gasteiger partial charge in [-0.25, -0.2) is 4.79 Å². The Morgan fingerprint density at radius 1 is 1.40 bits per heavy atom. The standard InChI is InChI=1S/C15H16N2O3/c1-3-11-8-13(15(18)20-9-10(2)17-19)12-6-4-5-7-14(12)16-11/h4-8,19H,3,9H2,1-2H3/b17-10-. The first-order chi connectivity index (χ1) is 9.65. The smallest absolute Gasteiger partial charge is 0.339 e. The van der Waals surface area contributed by atoms with Crippen LogP contribution in [-0.2, 0) is 11.2 Å². The van der Waals surface area contributed by atoms with Crippen LogP contribution in [0.5, 0.6) is 0 Å². The number of para-hydroxylation sites is 1. The van der Waals surface area contributed by atoms with Gasteiger partial charge in [-0.2, -0.15) is 0 Å². The van der Waals surface area contributed by atoms with E-state index in [4.69, 9.17) is 9.94 Å². The van der Waals surface area contributed by atoms with Crippen LogP contribution in [0.15, 0.2) is 35.5 Å². The number of hydrogen-bond donors (Lipinski definition) is 1. The lowest BCUT2D eigenvalue weighted by Crippen LogP contribution is -2.13. The van der Waals surface area contributed by atoms with Crippen molar-refractivity contribution in [2.75, 3.05) is 6.61 Å². The second-order valence-corrected chi connectivity index (χ2v) is 4.44. The van der Waals surface area contributed by atoms with Crippen LogP contribution < -0.4 is 0 Å². The third-order valence-corrected chi connectivity index (χ3v) is 2.93.